The summed E-state index contributed by atoms with van der Waals surface area (Å²) >= 11 is 0. The number of rotatable bonds is 4. The number of benzene rings is 2. The first-order valence-electron chi connectivity index (χ1n) is 7.91. The van der Waals surface area contributed by atoms with Gasteiger partial charge in [-0.05, 0) is 29.8 Å². The van der Waals surface area contributed by atoms with Crippen molar-refractivity contribution < 1.29 is 17.9 Å². The van der Waals surface area contributed by atoms with Crippen molar-refractivity contribution in [2.75, 3.05) is 35.7 Å². The van der Waals surface area contributed by atoms with Crippen LogP contribution in [-0.2, 0) is 21.2 Å². The monoisotopic (exact) mass is 360 g/mol. The lowest BCUT2D eigenvalue weighted by molar-refractivity contribution is -0.118. The molecule has 1 aliphatic rings. The van der Waals surface area contributed by atoms with Crippen LogP contribution in [0.2, 0.25) is 0 Å². The Morgan fingerprint density at radius 2 is 1.84 bits per heavy atom. The Balaban J connectivity index is 1.74. The molecule has 3 rings (SSSR count). The van der Waals surface area contributed by atoms with Crippen molar-refractivity contribution in [3.63, 3.8) is 0 Å². The number of hydrogen-bond donors (Lipinski definition) is 0. The van der Waals surface area contributed by atoms with E-state index in [0.717, 1.165) is 17.5 Å². The number of amides is 1. The van der Waals surface area contributed by atoms with Crippen LogP contribution in [0.4, 0.5) is 11.4 Å². The third-order valence-corrected chi connectivity index (χ3v) is 5.39. The van der Waals surface area contributed by atoms with Crippen LogP contribution in [-0.4, -0.2) is 40.8 Å². The Hall–Kier alpha value is -2.54. The highest BCUT2D eigenvalue weighted by Crippen LogP contribution is 2.31. The maximum atomic E-state index is 12.7. The van der Waals surface area contributed by atoms with Gasteiger partial charge in [-0.1, -0.05) is 24.3 Å². The van der Waals surface area contributed by atoms with E-state index in [1.165, 1.54) is 11.4 Å². The van der Waals surface area contributed by atoms with Gasteiger partial charge in [0.05, 0.1) is 30.6 Å². The van der Waals surface area contributed by atoms with Crippen LogP contribution in [0, 0.1) is 0 Å². The normalized spacial score (nSPS) is 13.8. The molecule has 0 saturated carbocycles. The molecule has 1 aliphatic heterocycles. The summed E-state index contributed by atoms with van der Waals surface area (Å²) in [6.07, 6.45) is 1.40. The SMILES string of the molecule is CN(c1ccc(CC(=O)N2CCOc3ccccc32)cc1)S(C)(=O)=O. The number of sulfonamides is 1. The maximum absolute atomic E-state index is 12.7. The highest BCUT2D eigenvalue weighted by Gasteiger charge is 2.23. The molecule has 0 saturated heterocycles. The van der Waals surface area contributed by atoms with E-state index >= 15 is 0 Å². The zero-order valence-electron chi connectivity index (χ0n) is 14.2. The molecule has 0 fully saturated rings. The van der Waals surface area contributed by atoms with E-state index < -0.39 is 10.0 Å². The van der Waals surface area contributed by atoms with E-state index in [0.29, 0.717) is 24.6 Å². The van der Waals surface area contributed by atoms with Gasteiger partial charge in [-0.25, -0.2) is 8.42 Å². The van der Waals surface area contributed by atoms with Crippen molar-refractivity contribution in [2.45, 2.75) is 6.42 Å². The summed E-state index contributed by atoms with van der Waals surface area (Å²) < 4.78 is 29.9. The van der Waals surface area contributed by atoms with Crippen molar-refractivity contribution in [3.05, 3.63) is 54.1 Å². The van der Waals surface area contributed by atoms with E-state index in [9.17, 15) is 13.2 Å². The van der Waals surface area contributed by atoms with E-state index in [4.69, 9.17) is 4.74 Å². The Morgan fingerprint density at radius 1 is 1.16 bits per heavy atom. The molecule has 1 amide bonds. The molecule has 1 heterocycles. The molecule has 7 heteroatoms. The first kappa shape index (κ1) is 17.3. The zero-order valence-corrected chi connectivity index (χ0v) is 15.0. The van der Waals surface area contributed by atoms with Crippen molar-refractivity contribution in [2.24, 2.45) is 0 Å². The highest BCUT2D eigenvalue weighted by molar-refractivity contribution is 7.92. The molecule has 25 heavy (non-hydrogen) atoms. The second-order valence-corrected chi connectivity index (χ2v) is 7.95. The minimum Gasteiger partial charge on any atom is -0.490 e. The van der Waals surface area contributed by atoms with Crippen LogP contribution in [0.5, 0.6) is 5.75 Å². The summed E-state index contributed by atoms with van der Waals surface area (Å²) in [5, 5.41) is 0. The van der Waals surface area contributed by atoms with Gasteiger partial charge >= 0.3 is 0 Å². The van der Waals surface area contributed by atoms with Crippen LogP contribution >= 0.6 is 0 Å². The lowest BCUT2D eigenvalue weighted by Crippen LogP contribution is -2.38. The summed E-state index contributed by atoms with van der Waals surface area (Å²) in [5.74, 6) is 0.701. The van der Waals surface area contributed by atoms with Crippen LogP contribution in [0.15, 0.2) is 48.5 Å². The molecule has 0 radical (unpaired) electrons. The molecule has 0 N–H and O–H groups in total. The van der Waals surface area contributed by atoms with Gasteiger partial charge in [0.2, 0.25) is 15.9 Å². The van der Waals surface area contributed by atoms with Gasteiger partial charge in [-0.15, -0.1) is 0 Å². The van der Waals surface area contributed by atoms with E-state index in [1.54, 1.807) is 29.2 Å². The van der Waals surface area contributed by atoms with Gasteiger partial charge in [0.1, 0.15) is 12.4 Å². The number of hydrogen-bond acceptors (Lipinski definition) is 4. The summed E-state index contributed by atoms with van der Waals surface area (Å²) in [6, 6.07) is 14.4. The predicted octanol–water partition coefficient (Wildman–Crippen LogP) is 2.05. The Labute approximate surface area is 147 Å². The predicted molar refractivity (Wildman–Crippen MR) is 97.7 cm³/mol. The topological polar surface area (TPSA) is 66.9 Å². The maximum Gasteiger partial charge on any atom is 0.231 e. The number of carbonyl (C=O) groups is 1. The van der Waals surface area contributed by atoms with E-state index in [1.807, 2.05) is 24.3 Å². The minimum absolute atomic E-state index is 0.0139. The fourth-order valence-corrected chi connectivity index (χ4v) is 3.22. The van der Waals surface area contributed by atoms with Gasteiger partial charge < -0.3 is 9.64 Å². The van der Waals surface area contributed by atoms with E-state index in [2.05, 4.69) is 0 Å². The van der Waals surface area contributed by atoms with Crippen LogP contribution in [0.25, 0.3) is 0 Å². The van der Waals surface area contributed by atoms with Gasteiger partial charge in [0, 0.05) is 7.05 Å². The van der Waals surface area contributed by atoms with Crippen LogP contribution < -0.4 is 13.9 Å². The van der Waals surface area contributed by atoms with Crippen molar-refractivity contribution in [1.82, 2.24) is 0 Å². The smallest absolute Gasteiger partial charge is 0.231 e. The molecular formula is C18H20N2O4S. The first-order valence-corrected chi connectivity index (χ1v) is 9.76. The van der Waals surface area contributed by atoms with E-state index in [-0.39, 0.29) is 12.3 Å². The molecule has 6 nitrogen and oxygen atoms in total. The molecule has 2 aromatic rings. The number of nitrogens with zero attached hydrogens (tertiary/aromatic N) is 2. The number of fused-ring (bicyclic) bond motifs is 1. The quantitative estimate of drug-likeness (QED) is 0.837. The molecular weight excluding hydrogens is 340 g/mol. The number of carbonyl (C=O) groups excluding carboxylic acids is 1. The fourth-order valence-electron chi connectivity index (χ4n) is 2.71. The molecule has 0 spiro atoms. The number of para-hydroxylation sites is 2. The van der Waals surface area contributed by atoms with Crippen LogP contribution in [0.3, 0.4) is 0 Å². The molecule has 132 valence electrons. The Kier molecular flexibility index (Phi) is 4.67. The first-order chi connectivity index (χ1) is 11.9. The summed E-state index contributed by atoms with van der Waals surface area (Å²) in [6.45, 7) is 0.992. The van der Waals surface area contributed by atoms with Crippen molar-refractivity contribution in [1.29, 1.82) is 0 Å². The summed E-state index contributed by atoms with van der Waals surface area (Å²) in [7, 11) is -1.80. The fraction of sp³-hybridized carbons (Fsp3) is 0.278. The second-order valence-electron chi connectivity index (χ2n) is 5.94. The summed E-state index contributed by atoms with van der Waals surface area (Å²) in [5.41, 5.74) is 2.18. The molecule has 0 aromatic heterocycles. The minimum atomic E-state index is -3.30. The van der Waals surface area contributed by atoms with Gasteiger partial charge in [-0.3, -0.25) is 9.10 Å². The average Bonchev–Trinajstić information content (AvgIpc) is 2.60. The van der Waals surface area contributed by atoms with Crippen molar-refractivity contribution >= 4 is 27.3 Å². The third-order valence-electron chi connectivity index (χ3n) is 4.18. The second kappa shape index (κ2) is 6.76. The lowest BCUT2D eigenvalue weighted by atomic mass is 10.1. The number of anilines is 2. The zero-order chi connectivity index (χ0) is 18.0. The average molecular weight is 360 g/mol. The Morgan fingerprint density at radius 3 is 2.52 bits per heavy atom. The van der Waals surface area contributed by atoms with Gasteiger partial charge in [-0.2, -0.15) is 0 Å². The molecule has 0 atom stereocenters. The molecule has 2 aromatic carbocycles. The third kappa shape index (κ3) is 3.76. The van der Waals surface area contributed by atoms with Crippen LogP contribution in [0.1, 0.15) is 5.56 Å². The Bertz CT molecular complexity index is 878. The molecule has 0 aliphatic carbocycles. The standard InChI is InChI=1S/C18H20N2O4S/c1-19(25(2,22)23)15-9-7-14(8-10-15)13-18(21)20-11-12-24-17-6-4-3-5-16(17)20/h3-10H,11-13H2,1-2H3. The molecule has 0 unspecified atom stereocenters. The molecule has 0 bridgehead atoms. The lowest BCUT2D eigenvalue weighted by Gasteiger charge is -2.29. The van der Waals surface area contributed by atoms with Gasteiger partial charge in [0.15, 0.2) is 0 Å². The van der Waals surface area contributed by atoms with Crippen molar-refractivity contribution in [3.8, 4) is 5.75 Å². The number of ether oxygens (including phenoxy) is 1. The summed E-state index contributed by atoms with van der Waals surface area (Å²) in [4.78, 5) is 14.4. The highest BCUT2D eigenvalue weighted by atomic mass is 32.2. The largest absolute Gasteiger partial charge is 0.490 e. The van der Waals surface area contributed by atoms with Gasteiger partial charge in [0.25, 0.3) is 0 Å².